The molecule has 0 saturated heterocycles. The number of nitrogens with zero attached hydrogens (tertiary/aromatic N) is 4. The molecule has 1 aliphatic rings. The van der Waals surface area contributed by atoms with E-state index in [1.54, 1.807) is 4.68 Å². The zero-order valence-electron chi connectivity index (χ0n) is 23.7. The Labute approximate surface area is 225 Å². The second kappa shape index (κ2) is 11.1. The van der Waals surface area contributed by atoms with Crippen molar-refractivity contribution in [2.24, 2.45) is 7.05 Å². The summed E-state index contributed by atoms with van der Waals surface area (Å²) in [5, 5.41) is 8.45. The zero-order valence-corrected chi connectivity index (χ0v) is 23.7. The van der Waals surface area contributed by atoms with Crippen LogP contribution in [0.25, 0.3) is 22.2 Å². The minimum Gasteiger partial charge on any atom is -0.444 e. The van der Waals surface area contributed by atoms with Gasteiger partial charge in [0.15, 0.2) is 5.65 Å². The molecule has 0 atom stereocenters. The number of benzene rings is 1. The second-order valence-corrected chi connectivity index (χ2v) is 11.5. The highest BCUT2D eigenvalue weighted by atomic mass is 16.6. The molecule has 1 N–H and O–H groups in total. The number of alkyl carbamates (subject to hydrolysis) is 1. The van der Waals surface area contributed by atoms with Gasteiger partial charge in [-0.1, -0.05) is 18.2 Å². The molecule has 1 fully saturated rings. The van der Waals surface area contributed by atoms with E-state index in [-0.39, 0.29) is 30.0 Å². The van der Waals surface area contributed by atoms with E-state index in [1.807, 2.05) is 84.0 Å². The Bertz CT molecular complexity index is 1300. The Morgan fingerprint density at radius 1 is 1.13 bits per heavy atom. The maximum Gasteiger partial charge on any atom is 0.407 e. The van der Waals surface area contributed by atoms with Crippen molar-refractivity contribution in [3.8, 4) is 11.1 Å². The van der Waals surface area contributed by atoms with E-state index in [9.17, 15) is 9.59 Å². The van der Waals surface area contributed by atoms with E-state index in [2.05, 4.69) is 16.5 Å². The van der Waals surface area contributed by atoms with Gasteiger partial charge in [0, 0.05) is 48.2 Å². The third-order valence-electron chi connectivity index (χ3n) is 7.26. The number of amides is 2. The van der Waals surface area contributed by atoms with Crippen LogP contribution in [0.3, 0.4) is 0 Å². The molecule has 1 saturated carbocycles. The third kappa shape index (κ3) is 6.00. The fraction of sp³-hybridized carbons (Fsp3) is 0.533. The maximum absolute atomic E-state index is 13.6. The standard InChI is InChI=1S/C30H41N5O3/c1-8-35(19(2)3)28(36)23-12-10-9-11-22(23)24-17-26(33-27-25(24)18-31-34(27)7)20-13-15-21(16-14-20)32-29(37)38-30(4,5)6/h9-12,17-21H,8,13-16H2,1-7H3,(H,32,37). The first-order valence-electron chi connectivity index (χ1n) is 13.7. The highest BCUT2D eigenvalue weighted by Gasteiger charge is 2.28. The molecular weight excluding hydrogens is 478 g/mol. The average molecular weight is 520 g/mol. The number of hydrogen-bond donors (Lipinski definition) is 1. The summed E-state index contributed by atoms with van der Waals surface area (Å²) < 4.78 is 7.24. The number of carbonyl (C=O) groups excluding carboxylic acids is 2. The highest BCUT2D eigenvalue weighted by Crippen LogP contribution is 2.38. The average Bonchev–Trinajstić information content (AvgIpc) is 3.23. The summed E-state index contributed by atoms with van der Waals surface area (Å²) >= 11 is 0. The third-order valence-corrected chi connectivity index (χ3v) is 7.26. The number of aryl methyl sites for hydroxylation is 1. The molecule has 3 aromatic rings. The van der Waals surface area contributed by atoms with Crippen molar-refractivity contribution < 1.29 is 14.3 Å². The molecule has 0 bridgehead atoms. The topological polar surface area (TPSA) is 89.3 Å². The monoisotopic (exact) mass is 519 g/mol. The van der Waals surface area contributed by atoms with Crippen LogP contribution in [-0.2, 0) is 11.8 Å². The lowest BCUT2D eigenvalue weighted by Crippen LogP contribution is -2.40. The van der Waals surface area contributed by atoms with E-state index < -0.39 is 5.60 Å². The Kier molecular flexibility index (Phi) is 8.09. The lowest BCUT2D eigenvalue weighted by molar-refractivity contribution is 0.0490. The molecule has 8 nitrogen and oxygen atoms in total. The van der Waals surface area contributed by atoms with Crippen LogP contribution in [-0.4, -0.2) is 55.9 Å². The summed E-state index contributed by atoms with van der Waals surface area (Å²) in [6.07, 6.45) is 5.02. The van der Waals surface area contributed by atoms with Crippen LogP contribution in [0.2, 0.25) is 0 Å². The fourth-order valence-corrected chi connectivity index (χ4v) is 5.38. The van der Waals surface area contributed by atoms with Gasteiger partial charge in [-0.2, -0.15) is 5.10 Å². The molecule has 8 heteroatoms. The van der Waals surface area contributed by atoms with Crippen LogP contribution in [0.4, 0.5) is 4.79 Å². The van der Waals surface area contributed by atoms with E-state index in [4.69, 9.17) is 9.72 Å². The molecule has 0 unspecified atom stereocenters. The van der Waals surface area contributed by atoms with Gasteiger partial charge in [0.25, 0.3) is 5.91 Å². The van der Waals surface area contributed by atoms with Crippen molar-refractivity contribution in [3.63, 3.8) is 0 Å². The summed E-state index contributed by atoms with van der Waals surface area (Å²) in [5.41, 5.74) is 3.88. The molecule has 0 aliphatic heterocycles. The molecule has 4 rings (SSSR count). The molecule has 38 heavy (non-hydrogen) atoms. The predicted molar refractivity (Wildman–Crippen MR) is 150 cm³/mol. The molecule has 1 aromatic carbocycles. The number of ether oxygens (including phenoxy) is 1. The lowest BCUT2D eigenvalue weighted by Gasteiger charge is -2.30. The summed E-state index contributed by atoms with van der Waals surface area (Å²) in [7, 11) is 1.90. The van der Waals surface area contributed by atoms with Crippen molar-refractivity contribution in [2.75, 3.05) is 6.54 Å². The first-order chi connectivity index (χ1) is 18.0. The van der Waals surface area contributed by atoms with Crippen LogP contribution < -0.4 is 5.32 Å². The van der Waals surface area contributed by atoms with Crippen molar-refractivity contribution in [1.29, 1.82) is 0 Å². The number of nitrogens with one attached hydrogen (secondary N) is 1. The van der Waals surface area contributed by atoms with Gasteiger partial charge in [-0.15, -0.1) is 0 Å². The number of carbonyl (C=O) groups is 2. The van der Waals surface area contributed by atoms with Crippen LogP contribution in [0.5, 0.6) is 0 Å². The van der Waals surface area contributed by atoms with Crippen molar-refractivity contribution >= 4 is 23.0 Å². The lowest BCUT2D eigenvalue weighted by atomic mass is 9.83. The summed E-state index contributed by atoms with van der Waals surface area (Å²) in [6, 6.07) is 10.2. The Morgan fingerprint density at radius 3 is 2.45 bits per heavy atom. The van der Waals surface area contributed by atoms with E-state index in [0.29, 0.717) is 12.1 Å². The van der Waals surface area contributed by atoms with Crippen molar-refractivity contribution in [3.05, 3.63) is 47.8 Å². The quantitative estimate of drug-likeness (QED) is 0.428. The smallest absolute Gasteiger partial charge is 0.407 e. The summed E-state index contributed by atoms with van der Waals surface area (Å²) in [5.74, 6) is 0.289. The number of aromatic nitrogens is 3. The Hall–Kier alpha value is -3.42. The van der Waals surface area contributed by atoms with Crippen LogP contribution in [0.1, 0.15) is 89.2 Å². The van der Waals surface area contributed by atoms with Gasteiger partial charge in [-0.05, 0) is 90.5 Å². The van der Waals surface area contributed by atoms with Crippen LogP contribution in [0, 0.1) is 0 Å². The second-order valence-electron chi connectivity index (χ2n) is 11.5. The van der Waals surface area contributed by atoms with Gasteiger partial charge in [-0.25, -0.2) is 9.78 Å². The molecule has 2 amide bonds. The number of pyridine rings is 1. The minimum absolute atomic E-state index is 0.0298. The molecule has 2 aromatic heterocycles. The van der Waals surface area contributed by atoms with Crippen molar-refractivity contribution in [1.82, 2.24) is 25.0 Å². The van der Waals surface area contributed by atoms with Gasteiger partial charge < -0.3 is 15.0 Å². The molecule has 1 aliphatic carbocycles. The summed E-state index contributed by atoms with van der Waals surface area (Å²) in [4.78, 5) is 32.8. The SMILES string of the molecule is CCN(C(=O)c1ccccc1-c1cc(C2CCC(NC(=O)OC(C)(C)C)CC2)nc2c1cnn2C)C(C)C. The highest BCUT2D eigenvalue weighted by molar-refractivity contribution is 6.05. The minimum atomic E-state index is -0.513. The maximum atomic E-state index is 13.6. The molecule has 0 radical (unpaired) electrons. The van der Waals surface area contributed by atoms with Crippen LogP contribution in [0.15, 0.2) is 36.5 Å². The largest absolute Gasteiger partial charge is 0.444 e. The summed E-state index contributed by atoms with van der Waals surface area (Å²) in [6.45, 7) is 12.4. The Morgan fingerprint density at radius 2 is 1.82 bits per heavy atom. The first kappa shape index (κ1) is 27.6. The number of fused-ring (bicyclic) bond motifs is 1. The first-order valence-corrected chi connectivity index (χ1v) is 13.7. The number of hydrogen-bond acceptors (Lipinski definition) is 5. The number of rotatable bonds is 6. The van der Waals surface area contributed by atoms with Gasteiger partial charge >= 0.3 is 6.09 Å². The predicted octanol–water partition coefficient (Wildman–Crippen LogP) is 6.06. The van der Waals surface area contributed by atoms with E-state index in [1.165, 1.54) is 0 Å². The molecule has 2 heterocycles. The molecular formula is C30H41N5O3. The van der Waals surface area contributed by atoms with Gasteiger partial charge in [0.2, 0.25) is 0 Å². The van der Waals surface area contributed by atoms with Crippen molar-refractivity contribution in [2.45, 2.75) is 90.8 Å². The zero-order chi connectivity index (χ0) is 27.6. The van der Waals surface area contributed by atoms with Crippen LogP contribution >= 0.6 is 0 Å². The molecule has 204 valence electrons. The van der Waals surface area contributed by atoms with Gasteiger partial charge in [0.05, 0.1) is 6.20 Å². The Balaban J connectivity index is 1.64. The molecule has 0 spiro atoms. The van der Waals surface area contributed by atoms with E-state index in [0.717, 1.165) is 53.5 Å². The van der Waals surface area contributed by atoms with Gasteiger partial charge in [-0.3, -0.25) is 9.48 Å². The normalized spacial score (nSPS) is 18.0. The van der Waals surface area contributed by atoms with Gasteiger partial charge in [0.1, 0.15) is 5.60 Å². The fourth-order valence-electron chi connectivity index (χ4n) is 5.38. The van der Waals surface area contributed by atoms with E-state index >= 15 is 0 Å².